The second-order valence-corrected chi connectivity index (χ2v) is 13.9. The van der Waals surface area contributed by atoms with Crippen molar-refractivity contribution in [2.75, 3.05) is 25.7 Å². The summed E-state index contributed by atoms with van der Waals surface area (Å²) in [6.07, 6.45) is 41.1. The van der Waals surface area contributed by atoms with E-state index in [9.17, 15) is 0 Å². The van der Waals surface area contributed by atoms with Crippen molar-refractivity contribution >= 4 is 11.6 Å². The fourth-order valence-electron chi connectivity index (χ4n) is 6.05. The highest BCUT2D eigenvalue weighted by molar-refractivity contribution is 6.17. The third-order valence-corrected chi connectivity index (χ3v) is 9.34. The van der Waals surface area contributed by atoms with Crippen LogP contribution in [-0.2, 0) is 14.2 Å². The van der Waals surface area contributed by atoms with Gasteiger partial charge in [-0.1, -0.05) is 188 Å². The Hall–Kier alpha value is 0.170. The zero-order chi connectivity index (χ0) is 32.1. The summed E-state index contributed by atoms with van der Waals surface area (Å²) in [5.41, 5.74) is 0. The summed E-state index contributed by atoms with van der Waals surface area (Å²) in [5.74, 6) is -0.0485. The van der Waals surface area contributed by atoms with Crippen LogP contribution in [-0.4, -0.2) is 31.7 Å². The molecule has 44 heavy (non-hydrogen) atoms. The fraction of sp³-hybridized carbons (Fsp3) is 1.00. The first-order chi connectivity index (χ1) is 21.7. The van der Waals surface area contributed by atoms with Gasteiger partial charge in [-0.05, 0) is 32.1 Å². The minimum atomic E-state index is -0.845. The van der Waals surface area contributed by atoms with E-state index in [1.54, 1.807) is 0 Å². The minimum absolute atomic E-state index is 0.752. The first-order valence-corrected chi connectivity index (χ1v) is 20.8. The summed E-state index contributed by atoms with van der Waals surface area (Å²) in [6.45, 7) is 9.13. The molecule has 0 aliphatic carbocycles. The highest BCUT2D eigenvalue weighted by Crippen LogP contribution is 2.27. The Morgan fingerprint density at radius 3 is 0.864 bits per heavy atom. The number of unbranched alkanes of at least 4 members (excludes halogenated alkanes) is 27. The van der Waals surface area contributed by atoms with Gasteiger partial charge in [0.2, 0.25) is 0 Å². The van der Waals surface area contributed by atoms with Crippen LogP contribution in [0.1, 0.15) is 226 Å². The standard InChI is InChI=1S/C40H81ClO3/c1-4-7-10-13-16-22-27-32-37-42-40(35-30-25-20-19-21-26-31-36-41,43-38-33-28-23-17-14-11-8-5-2)44-39-34-29-24-18-15-12-9-6-3/h4-39H2,1-3H3. The van der Waals surface area contributed by atoms with Gasteiger partial charge in [0.15, 0.2) is 0 Å². The van der Waals surface area contributed by atoms with Crippen molar-refractivity contribution in [2.45, 2.75) is 232 Å². The maximum Gasteiger partial charge on any atom is 0.282 e. The maximum atomic E-state index is 6.62. The van der Waals surface area contributed by atoms with E-state index in [2.05, 4.69) is 20.8 Å². The SMILES string of the molecule is CCCCCCCCCCOC(CCCCCCCCCCl)(OCCCCCCCCCC)OCCCCCCCCCC. The van der Waals surface area contributed by atoms with Crippen molar-refractivity contribution in [1.29, 1.82) is 0 Å². The van der Waals surface area contributed by atoms with Crippen LogP contribution >= 0.6 is 11.6 Å². The van der Waals surface area contributed by atoms with Gasteiger partial charge in [0.25, 0.3) is 5.97 Å². The number of alkyl halides is 1. The molecule has 0 heterocycles. The minimum Gasteiger partial charge on any atom is -0.327 e. The summed E-state index contributed by atoms with van der Waals surface area (Å²) in [5, 5.41) is 0. The normalized spacial score (nSPS) is 12.0. The van der Waals surface area contributed by atoms with Gasteiger partial charge in [0, 0.05) is 12.3 Å². The van der Waals surface area contributed by atoms with Crippen molar-refractivity contribution in [1.82, 2.24) is 0 Å². The molecular formula is C40H81ClO3. The second kappa shape index (κ2) is 37.6. The molecule has 0 rings (SSSR count). The van der Waals surface area contributed by atoms with Crippen LogP contribution in [0.4, 0.5) is 0 Å². The third kappa shape index (κ3) is 32.1. The number of hydrogen-bond donors (Lipinski definition) is 0. The molecule has 0 unspecified atom stereocenters. The van der Waals surface area contributed by atoms with Crippen LogP contribution in [0.25, 0.3) is 0 Å². The van der Waals surface area contributed by atoms with Gasteiger partial charge in [-0.3, -0.25) is 0 Å². The highest BCUT2D eigenvalue weighted by Gasteiger charge is 2.33. The summed E-state index contributed by atoms with van der Waals surface area (Å²) < 4.78 is 19.9. The predicted octanol–water partition coefficient (Wildman–Crippen LogP) is 14.5. The van der Waals surface area contributed by atoms with Gasteiger partial charge in [-0.2, -0.15) is 0 Å². The van der Waals surface area contributed by atoms with Crippen molar-refractivity contribution in [3.05, 3.63) is 0 Å². The molecule has 0 bridgehead atoms. The lowest BCUT2D eigenvalue weighted by molar-refractivity contribution is -0.384. The average molecular weight is 646 g/mol. The molecule has 266 valence electrons. The maximum absolute atomic E-state index is 6.62. The zero-order valence-corrected chi connectivity index (χ0v) is 31.3. The summed E-state index contributed by atoms with van der Waals surface area (Å²) >= 11 is 5.86. The molecule has 4 heteroatoms. The summed E-state index contributed by atoms with van der Waals surface area (Å²) in [4.78, 5) is 0. The molecule has 0 radical (unpaired) electrons. The van der Waals surface area contributed by atoms with Gasteiger partial charge in [0.05, 0.1) is 19.8 Å². The molecule has 0 saturated carbocycles. The van der Waals surface area contributed by atoms with Crippen molar-refractivity contribution in [2.24, 2.45) is 0 Å². The number of ether oxygens (including phenoxy) is 3. The van der Waals surface area contributed by atoms with Crippen LogP contribution in [0.2, 0.25) is 0 Å². The lowest BCUT2D eigenvalue weighted by Crippen LogP contribution is -2.40. The monoisotopic (exact) mass is 645 g/mol. The summed E-state index contributed by atoms with van der Waals surface area (Å²) in [6, 6.07) is 0. The Morgan fingerprint density at radius 2 is 0.568 bits per heavy atom. The number of hydrogen-bond acceptors (Lipinski definition) is 3. The Morgan fingerprint density at radius 1 is 0.318 bits per heavy atom. The van der Waals surface area contributed by atoms with E-state index in [4.69, 9.17) is 25.8 Å². The molecule has 0 aromatic heterocycles. The van der Waals surface area contributed by atoms with Crippen molar-refractivity contribution in [3.63, 3.8) is 0 Å². The molecule has 0 fully saturated rings. The predicted molar refractivity (Wildman–Crippen MR) is 196 cm³/mol. The van der Waals surface area contributed by atoms with Crippen LogP contribution < -0.4 is 0 Å². The van der Waals surface area contributed by atoms with Crippen molar-refractivity contribution in [3.8, 4) is 0 Å². The molecule has 3 nitrogen and oxygen atoms in total. The Bertz CT molecular complexity index is 460. The van der Waals surface area contributed by atoms with Gasteiger partial charge in [-0.15, -0.1) is 11.6 Å². The fourth-order valence-corrected chi connectivity index (χ4v) is 6.24. The Kier molecular flexibility index (Phi) is 37.8. The Labute approximate surface area is 283 Å². The first-order valence-electron chi connectivity index (χ1n) is 20.2. The zero-order valence-electron chi connectivity index (χ0n) is 30.6. The largest absolute Gasteiger partial charge is 0.327 e. The van der Waals surface area contributed by atoms with E-state index in [1.165, 1.54) is 167 Å². The quantitative estimate of drug-likeness (QED) is 0.0378. The van der Waals surface area contributed by atoms with E-state index >= 15 is 0 Å². The van der Waals surface area contributed by atoms with E-state index in [-0.39, 0.29) is 0 Å². The average Bonchev–Trinajstić information content (AvgIpc) is 3.03. The van der Waals surface area contributed by atoms with Crippen LogP contribution in [0.15, 0.2) is 0 Å². The molecule has 0 saturated heterocycles. The van der Waals surface area contributed by atoms with E-state index in [0.717, 1.165) is 64.2 Å². The molecule has 0 aliphatic rings. The van der Waals surface area contributed by atoms with Crippen molar-refractivity contribution < 1.29 is 14.2 Å². The summed E-state index contributed by atoms with van der Waals surface area (Å²) in [7, 11) is 0. The molecule has 0 N–H and O–H groups in total. The highest BCUT2D eigenvalue weighted by atomic mass is 35.5. The number of rotatable bonds is 39. The molecule has 0 aromatic rings. The first kappa shape index (κ1) is 44.2. The Balaban J connectivity index is 4.83. The molecule has 0 aliphatic heterocycles. The van der Waals surface area contributed by atoms with Gasteiger partial charge >= 0.3 is 0 Å². The van der Waals surface area contributed by atoms with Gasteiger partial charge in [0.1, 0.15) is 0 Å². The molecule has 0 atom stereocenters. The second-order valence-electron chi connectivity index (χ2n) is 13.6. The third-order valence-electron chi connectivity index (χ3n) is 9.08. The van der Waals surface area contributed by atoms with Crippen LogP contribution in [0.5, 0.6) is 0 Å². The number of halogens is 1. The lowest BCUT2D eigenvalue weighted by Gasteiger charge is -2.34. The topological polar surface area (TPSA) is 27.7 Å². The van der Waals surface area contributed by atoms with Gasteiger partial charge < -0.3 is 14.2 Å². The molecular weight excluding hydrogens is 564 g/mol. The lowest BCUT2D eigenvalue weighted by atomic mass is 10.1. The van der Waals surface area contributed by atoms with E-state index in [1.807, 2.05) is 0 Å². The van der Waals surface area contributed by atoms with Gasteiger partial charge in [-0.25, -0.2) is 0 Å². The van der Waals surface area contributed by atoms with Crippen LogP contribution in [0.3, 0.4) is 0 Å². The van der Waals surface area contributed by atoms with E-state index < -0.39 is 5.97 Å². The van der Waals surface area contributed by atoms with Crippen LogP contribution in [0, 0.1) is 0 Å². The van der Waals surface area contributed by atoms with E-state index in [0.29, 0.717) is 0 Å². The molecule has 0 aromatic carbocycles. The smallest absolute Gasteiger partial charge is 0.282 e. The molecule has 0 spiro atoms. The molecule has 0 amide bonds.